The van der Waals surface area contributed by atoms with E-state index in [1.54, 1.807) is 25.2 Å². The molecule has 1 saturated carbocycles. The van der Waals surface area contributed by atoms with E-state index in [-0.39, 0.29) is 6.04 Å². The Morgan fingerprint density at radius 3 is 2.44 bits per heavy atom. The average molecular weight is 304 g/mol. The molecule has 0 amide bonds. The van der Waals surface area contributed by atoms with Crippen LogP contribution in [0.25, 0.3) is 0 Å². The van der Waals surface area contributed by atoms with E-state index in [9.17, 15) is 8.42 Å². The molecule has 5 heteroatoms. The van der Waals surface area contributed by atoms with Crippen molar-refractivity contribution in [1.82, 2.24) is 4.31 Å². The van der Waals surface area contributed by atoms with Gasteiger partial charge in [-0.2, -0.15) is 4.31 Å². The lowest BCUT2D eigenvalue weighted by atomic mass is 9.94. The van der Waals surface area contributed by atoms with E-state index in [0.717, 1.165) is 19.3 Å². The molecule has 0 unspecified atom stereocenters. The third-order valence-corrected chi connectivity index (χ3v) is 6.00. The lowest BCUT2D eigenvalue weighted by Gasteiger charge is -2.33. The van der Waals surface area contributed by atoms with E-state index in [4.69, 9.17) is 0 Å². The first-order valence-electron chi connectivity index (χ1n) is 5.26. The summed E-state index contributed by atoms with van der Waals surface area (Å²) < 4.78 is 26.7. The van der Waals surface area contributed by atoms with E-state index in [0.29, 0.717) is 9.37 Å². The second kappa shape index (κ2) is 4.47. The maximum Gasteiger partial charge on any atom is 0.244 e. The molecule has 0 saturated heterocycles. The molecule has 88 valence electrons. The summed E-state index contributed by atoms with van der Waals surface area (Å²) in [5, 5.41) is 0. The number of hydrogen-bond donors (Lipinski definition) is 0. The molecule has 1 aromatic carbocycles. The molecule has 3 nitrogen and oxygen atoms in total. The Morgan fingerprint density at radius 1 is 1.31 bits per heavy atom. The van der Waals surface area contributed by atoms with Gasteiger partial charge in [-0.3, -0.25) is 0 Å². The number of benzene rings is 1. The highest BCUT2D eigenvalue weighted by Gasteiger charge is 2.32. The Kier molecular flexibility index (Phi) is 3.37. The molecule has 0 N–H and O–H groups in total. The third kappa shape index (κ3) is 2.04. The summed E-state index contributed by atoms with van der Waals surface area (Å²) in [5.41, 5.74) is 0. The van der Waals surface area contributed by atoms with Crippen LogP contribution in [0.4, 0.5) is 0 Å². The smallest absolute Gasteiger partial charge is 0.207 e. The van der Waals surface area contributed by atoms with Crippen molar-refractivity contribution < 1.29 is 8.42 Å². The van der Waals surface area contributed by atoms with Crippen molar-refractivity contribution in [3.63, 3.8) is 0 Å². The molecule has 1 aliphatic rings. The van der Waals surface area contributed by atoms with Crippen molar-refractivity contribution in [3.05, 3.63) is 28.7 Å². The maximum absolute atomic E-state index is 12.3. The van der Waals surface area contributed by atoms with Crippen LogP contribution in [0, 0.1) is 0 Å². The Labute approximate surface area is 105 Å². The van der Waals surface area contributed by atoms with Crippen molar-refractivity contribution in [2.75, 3.05) is 7.05 Å². The minimum atomic E-state index is -3.34. The molecule has 2 rings (SSSR count). The van der Waals surface area contributed by atoms with Gasteiger partial charge in [0, 0.05) is 17.6 Å². The molecule has 0 bridgehead atoms. The van der Waals surface area contributed by atoms with Gasteiger partial charge in [0.2, 0.25) is 10.0 Å². The van der Waals surface area contributed by atoms with Crippen molar-refractivity contribution >= 4 is 26.0 Å². The second-order valence-electron chi connectivity index (χ2n) is 4.04. The Bertz CT molecular complexity index is 483. The molecule has 0 aromatic heterocycles. The van der Waals surface area contributed by atoms with E-state index in [2.05, 4.69) is 15.9 Å². The summed E-state index contributed by atoms with van der Waals surface area (Å²) in [6, 6.07) is 7.12. The Morgan fingerprint density at radius 2 is 1.94 bits per heavy atom. The van der Waals surface area contributed by atoms with Crippen LogP contribution < -0.4 is 0 Å². The van der Waals surface area contributed by atoms with Gasteiger partial charge >= 0.3 is 0 Å². The van der Waals surface area contributed by atoms with Crippen LogP contribution in [0.15, 0.2) is 33.6 Å². The van der Waals surface area contributed by atoms with Gasteiger partial charge in [0.25, 0.3) is 0 Å². The number of hydrogen-bond acceptors (Lipinski definition) is 2. The van der Waals surface area contributed by atoms with E-state index in [1.807, 2.05) is 6.07 Å². The average Bonchev–Trinajstić information content (AvgIpc) is 2.15. The van der Waals surface area contributed by atoms with Crippen molar-refractivity contribution in [2.45, 2.75) is 30.2 Å². The van der Waals surface area contributed by atoms with Gasteiger partial charge in [0.1, 0.15) is 0 Å². The predicted octanol–water partition coefficient (Wildman–Crippen LogP) is 2.62. The Balaban J connectivity index is 2.35. The summed E-state index contributed by atoms with van der Waals surface area (Å²) in [4.78, 5) is 0.351. The molecular weight excluding hydrogens is 290 g/mol. The van der Waals surface area contributed by atoms with Gasteiger partial charge in [-0.1, -0.05) is 18.6 Å². The molecule has 0 radical (unpaired) electrons. The molecule has 0 heterocycles. The highest BCUT2D eigenvalue weighted by molar-refractivity contribution is 9.10. The summed E-state index contributed by atoms with van der Waals surface area (Å²) >= 11 is 3.28. The number of rotatable bonds is 3. The highest BCUT2D eigenvalue weighted by Crippen LogP contribution is 2.31. The fourth-order valence-corrected chi connectivity index (χ4v) is 4.13. The number of nitrogens with zero attached hydrogens (tertiary/aromatic N) is 1. The van der Waals surface area contributed by atoms with E-state index in [1.165, 1.54) is 4.31 Å². The van der Waals surface area contributed by atoms with Crippen molar-refractivity contribution in [1.29, 1.82) is 0 Å². The summed E-state index contributed by atoms with van der Waals surface area (Å²) in [6.45, 7) is 0. The minimum absolute atomic E-state index is 0.178. The van der Waals surface area contributed by atoms with Crippen LogP contribution in [0.3, 0.4) is 0 Å². The monoisotopic (exact) mass is 303 g/mol. The van der Waals surface area contributed by atoms with Gasteiger partial charge in [0.05, 0.1) is 4.90 Å². The standard InChI is InChI=1S/C11H14BrNO2S/c1-13(9-5-4-6-9)16(14,15)11-8-3-2-7-10(11)12/h2-3,7-9H,4-6H2,1H3. The quantitative estimate of drug-likeness (QED) is 0.861. The lowest BCUT2D eigenvalue weighted by molar-refractivity contribution is 0.249. The van der Waals surface area contributed by atoms with Gasteiger partial charge in [0.15, 0.2) is 0 Å². The summed E-state index contributed by atoms with van der Waals surface area (Å²) in [5.74, 6) is 0. The third-order valence-electron chi connectivity index (χ3n) is 3.08. The normalized spacial score (nSPS) is 17.4. The largest absolute Gasteiger partial charge is 0.244 e. The molecule has 1 aliphatic carbocycles. The van der Waals surface area contributed by atoms with E-state index >= 15 is 0 Å². The van der Waals surface area contributed by atoms with E-state index < -0.39 is 10.0 Å². The van der Waals surface area contributed by atoms with Gasteiger partial charge in [-0.25, -0.2) is 8.42 Å². The predicted molar refractivity (Wildman–Crippen MR) is 66.7 cm³/mol. The van der Waals surface area contributed by atoms with Crippen LogP contribution in [0.2, 0.25) is 0 Å². The van der Waals surface area contributed by atoms with Crippen LogP contribution in [-0.4, -0.2) is 25.8 Å². The molecular formula is C11H14BrNO2S. The highest BCUT2D eigenvalue weighted by atomic mass is 79.9. The van der Waals surface area contributed by atoms with Crippen molar-refractivity contribution in [2.24, 2.45) is 0 Å². The molecule has 16 heavy (non-hydrogen) atoms. The van der Waals surface area contributed by atoms with Crippen LogP contribution in [0.1, 0.15) is 19.3 Å². The van der Waals surface area contributed by atoms with Crippen molar-refractivity contribution in [3.8, 4) is 0 Å². The first kappa shape index (κ1) is 12.1. The summed E-state index contributed by atoms with van der Waals surface area (Å²) in [7, 11) is -1.68. The SMILES string of the molecule is CN(C1CCC1)S(=O)(=O)c1ccccc1Br. The molecule has 0 atom stereocenters. The first-order valence-corrected chi connectivity index (χ1v) is 7.49. The zero-order chi connectivity index (χ0) is 11.8. The minimum Gasteiger partial charge on any atom is -0.207 e. The number of halogens is 1. The second-order valence-corrected chi connectivity index (χ2v) is 6.86. The fourth-order valence-electron chi connectivity index (χ4n) is 1.76. The molecule has 1 fully saturated rings. The van der Waals surface area contributed by atoms with Gasteiger partial charge < -0.3 is 0 Å². The molecule has 1 aromatic rings. The topological polar surface area (TPSA) is 37.4 Å². The zero-order valence-corrected chi connectivity index (χ0v) is 11.5. The van der Waals surface area contributed by atoms with Crippen LogP contribution in [-0.2, 0) is 10.0 Å². The molecule has 0 spiro atoms. The molecule has 0 aliphatic heterocycles. The number of sulfonamides is 1. The van der Waals surface area contributed by atoms with Crippen LogP contribution >= 0.6 is 15.9 Å². The van der Waals surface area contributed by atoms with Crippen LogP contribution in [0.5, 0.6) is 0 Å². The summed E-state index contributed by atoms with van der Waals surface area (Å²) in [6.07, 6.45) is 3.07. The Hall–Kier alpha value is -0.390. The first-order chi connectivity index (χ1) is 7.53. The lowest BCUT2D eigenvalue weighted by Crippen LogP contribution is -2.41. The van der Waals surface area contributed by atoms with Gasteiger partial charge in [-0.15, -0.1) is 0 Å². The van der Waals surface area contributed by atoms with Gasteiger partial charge in [-0.05, 0) is 40.9 Å². The zero-order valence-electron chi connectivity index (χ0n) is 9.06. The fraction of sp³-hybridized carbons (Fsp3) is 0.455. The maximum atomic E-state index is 12.3.